The van der Waals surface area contributed by atoms with Crippen molar-refractivity contribution >= 4 is 5.91 Å². The van der Waals surface area contributed by atoms with Crippen LogP contribution in [-0.4, -0.2) is 34.0 Å². The number of benzene rings is 2. The normalized spacial score (nSPS) is 15.4. The van der Waals surface area contributed by atoms with Crippen molar-refractivity contribution in [3.8, 4) is 11.4 Å². The fraction of sp³-hybridized carbons (Fsp3) is 0.375. The van der Waals surface area contributed by atoms with E-state index in [0.29, 0.717) is 24.8 Å². The number of hydrogen-bond acceptors (Lipinski definition) is 4. The van der Waals surface area contributed by atoms with Crippen LogP contribution in [0.3, 0.4) is 0 Å². The smallest absolute Gasteiger partial charge is 0.253 e. The Morgan fingerprint density at radius 3 is 2.27 bits per heavy atom. The minimum Gasteiger partial charge on any atom is -0.339 e. The minimum atomic E-state index is -0.299. The molecule has 0 radical (unpaired) electrons. The maximum Gasteiger partial charge on any atom is 0.253 e. The molecule has 2 aromatic carbocycles. The van der Waals surface area contributed by atoms with Crippen molar-refractivity contribution in [1.82, 2.24) is 15.0 Å². The molecule has 1 amide bonds. The number of nitrogens with zero attached hydrogens (tertiary/aromatic N) is 3. The molecule has 0 aliphatic carbocycles. The molecule has 6 heteroatoms. The Hall–Kier alpha value is -3.02. The summed E-state index contributed by atoms with van der Waals surface area (Å²) in [5.41, 5.74) is 2.72. The van der Waals surface area contributed by atoms with Gasteiger partial charge >= 0.3 is 0 Å². The largest absolute Gasteiger partial charge is 0.339 e. The Bertz CT molecular complexity index is 1010. The number of likely N-dealkylation sites (tertiary alicyclic amines) is 1. The predicted octanol–water partition coefficient (Wildman–Crippen LogP) is 5.19. The third-order valence-corrected chi connectivity index (χ3v) is 5.67. The van der Waals surface area contributed by atoms with Crippen LogP contribution < -0.4 is 0 Å². The quantitative estimate of drug-likeness (QED) is 0.599. The van der Waals surface area contributed by atoms with Crippen LogP contribution in [-0.2, 0) is 5.41 Å². The molecule has 156 valence electrons. The fourth-order valence-corrected chi connectivity index (χ4v) is 3.74. The Morgan fingerprint density at radius 1 is 1.03 bits per heavy atom. The molecule has 0 spiro atoms. The molecule has 1 fully saturated rings. The second-order valence-corrected chi connectivity index (χ2v) is 8.86. The fourth-order valence-electron chi connectivity index (χ4n) is 3.74. The second-order valence-electron chi connectivity index (χ2n) is 8.86. The number of aromatic nitrogens is 2. The summed E-state index contributed by atoms with van der Waals surface area (Å²) >= 11 is 0. The predicted molar refractivity (Wildman–Crippen MR) is 113 cm³/mol. The van der Waals surface area contributed by atoms with E-state index in [4.69, 9.17) is 4.52 Å². The van der Waals surface area contributed by atoms with Crippen LogP contribution >= 0.6 is 0 Å². The lowest BCUT2D eigenvalue weighted by atomic mass is 9.86. The van der Waals surface area contributed by atoms with Crippen molar-refractivity contribution < 1.29 is 13.7 Å². The topological polar surface area (TPSA) is 59.2 Å². The molecule has 5 nitrogen and oxygen atoms in total. The molecule has 30 heavy (non-hydrogen) atoms. The van der Waals surface area contributed by atoms with Gasteiger partial charge in [-0.25, -0.2) is 4.39 Å². The zero-order chi connectivity index (χ0) is 21.3. The molecule has 3 aromatic rings. The summed E-state index contributed by atoms with van der Waals surface area (Å²) in [5.74, 6) is 0.927. The van der Waals surface area contributed by atoms with Gasteiger partial charge in [-0.05, 0) is 60.2 Å². The first-order valence-electron chi connectivity index (χ1n) is 10.3. The van der Waals surface area contributed by atoms with Gasteiger partial charge in [0, 0.05) is 30.1 Å². The van der Waals surface area contributed by atoms with Gasteiger partial charge in [0.2, 0.25) is 11.7 Å². The SMILES string of the molecule is CC(C)(C)c1ccc(C(=O)N2CCC(c3nc(-c4ccc(F)cc4)no3)CC2)cc1. The first kappa shape index (κ1) is 20.3. The zero-order valence-electron chi connectivity index (χ0n) is 17.6. The van der Waals surface area contributed by atoms with Crippen LogP contribution in [0, 0.1) is 5.82 Å². The zero-order valence-corrected chi connectivity index (χ0v) is 17.6. The molecule has 0 atom stereocenters. The highest BCUT2D eigenvalue weighted by Gasteiger charge is 2.28. The first-order chi connectivity index (χ1) is 14.3. The number of carbonyl (C=O) groups excluding carboxylic acids is 1. The lowest BCUT2D eigenvalue weighted by Crippen LogP contribution is -2.38. The van der Waals surface area contributed by atoms with Crippen molar-refractivity contribution in [3.05, 3.63) is 71.4 Å². The first-order valence-corrected chi connectivity index (χ1v) is 10.3. The average Bonchev–Trinajstić information content (AvgIpc) is 3.24. The molecule has 0 bridgehead atoms. The summed E-state index contributed by atoms with van der Waals surface area (Å²) in [5, 5.41) is 4.03. The number of amides is 1. The number of rotatable bonds is 3. The molecule has 0 unspecified atom stereocenters. The van der Waals surface area contributed by atoms with Crippen molar-refractivity contribution in [3.63, 3.8) is 0 Å². The summed E-state index contributed by atoms with van der Waals surface area (Å²) in [6, 6.07) is 13.9. The molecular weight excluding hydrogens is 381 g/mol. The highest BCUT2D eigenvalue weighted by Crippen LogP contribution is 2.29. The van der Waals surface area contributed by atoms with E-state index >= 15 is 0 Å². The summed E-state index contributed by atoms with van der Waals surface area (Å²) in [6.45, 7) is 7.78. The van der Waals surface area contributed by atoms with E-state index in [0.717, 1.165) is 24.0 Å². The van der Waals surface area contributed by atoms with E-state index in [-0.39, 0.29) is 23.1 Å². The molecule has 1 aromatic heterocycles. The van der Waals surface area contributed by atoms with E-state index in [1.54, 1.807) is 12.1 Å². The van der Waals surface area contributed by atoms with Crippen molar-refractivity contribution in [2.75, 3.05) is 13.1 Å². The minimum absolute atomic E-state index is 0.0615. The van der Waals surface area contributed by atoms with Gasteiger partial charge in [0.25, 0.3) is 5.91 Å². The Labute approximate surface area is 175 Å². The van der Waals surface area contributed by atoms with Crippen LogP contribution in [0.1, 0.15) is 61.3 Å². The van der Waals surface area contributed by atoms with Gasteiger partial charge < -0.3 is 9.42 Å². The monoisotopic (exact) mass is 407 g/mol. The van der Waals surface area contributed by atoms with Gasteiger partial charge in [0.1, 0.15) is 5.82 Å². The highest BCUT2D eigenvalue weighted by atomic mass is 19.1. The summed E-state index contributed by atoms with van der Waals surface area (Å²) in [6.07, 6.45) is 1.55. The number of carbonyl (C=O) groups is 1. The van der Waals surface area contributed by atoms with Crippen LogP contribution in [0.25, 0.3) is 11.4 Å². The molecule has 1 aliphatic heterocycles. The summed E-state index contributed by atoms with van der Waals surface area (Å²) in [7, 11) is 0. The van der Waals surface area contributed by atoms with Gasteiger partial charge in [-0.1, -0.05) is 38.1 Å². The Balaban J connectivity index is 1.38. The number of halogens is 1. The maximum atomic E-state index is 13.1. The van der Waals surface area contributed by atoms with Crippen LogP contribution in [0.15, 0.2) is 53.1 Å². The molecule has 4 rings (SSSR count). The highest BCUT2D eigenvalue weighted by molar-refractivity contribution is 5.94. The van der Waals surface area contributed by atoms with Crippen molar-refractivity contribution in [1.29, 1.82) is 0 Å². The molecule has 1 saturated heterocycles. The van der Waals surface area contributed by atoms with Gasteiger partial charge in [-0.3, -0.25) is 4.79 Å². The molecule has 0 N–H and O–H groups in total. The van der Waals surface area contributed by atoms with E-state index in [9.17, 15) is 9.18 Å². The van der Waals surface area contributed by atoms with Gasteiger partial charge in [0.15, 0.2) is 0 Å². The lowest BCUT2D eigenvalue weighted by Gasteiger charge is -2.30. The number of hydrogen-bond donors (Lipinski definition) is 0. The molecule has 2 heterocycles. The third kappa shape index (κ3) is 4.27. The Kier molecular flexibility index (Phi) is 5.41. The van der Waals surface area contributed by atoms with E-state index in [1.165, 1.54) is 17.7 Å². The third-order valence-electron chi connectivity index (χ3n) is 5.67. The molecular formula is C24H26FN3O2. The van der Waals surface area contributed by atoms with Gasteiger partial charge in [-0.2, -0.15) is 4.98 Å². The van der Waals surface area contributed by atoms with Crippen molar-refractivity contribution in [2.45, 2.75) is 44.9 Å². The Morgan fingerprint density at radius 2 is 1.67 bits per heavy atom. The van der Waals surface area contributed by atoms with Crippen molar-refractivity contribution in [2.24, 2.45) is 0 Å². The van der Waals surface area contributed by atoms with E-state index in [2.05, 4.69) is 30.9 Å². The average molecular weight is 407 g/mol. The van der Waals surface area contributed by atoms with Gasteiger partial charge in [-0.15, -0.1) is 0 Å². The van der Waals surface area contributed by atoms with Crippen LogP contribution in [0.5, 0.6) is 0 Å². The standard InChI is InChI=1S/C24H26FN3O2/c1-24(2,3)19-8-4-18(5-9-19)23(29)28-14-12-17(13-15-28)22-26-21(27-30-22)16-6-10-20(25)11-7-16/h4-11,17H,12-15H2,1-3H3. The molecule has 1 aliphatic rings. The lowest BCUT2D eigenvalue weighted by molar-refractivity contribution is 0.0704. The summed E-state index contributed by atoms with van der Waals surface area (Å²) in [4.78, 5) is 19.2. The van der Waals surface area contributed by atoms with Crippen LogP contribution in [0.4, 0.5) is 4.39 Å². The number of piperidine rings is 1. The second kappa shape index (κ2) is 8.01. The van der Waals surface area contributed by atoms with E-state index < -0.39 is 0 Å². The maximum absolute atomic E-state index is 13.1. The molecule has 0 saturated carbocycles. The van der Waals surface area contributed by atoms with Gasteiger partial charge in [0.05, 0.1) is 0 Å². The van der Waals surface area contributed by atoms with Crippen LogP contribution in [0.2, 0.25) is 0 Å². The summed E-state index contributed by atoms with van der Waals surface area (Å²) < 4.78 is 18.6. The van der Waals surface area contributed by atoms with E-state index in [1.807, 2.05) is 29.2 Å².